The first kappa shape index (κ1) is 35.5. The average molecular weight is 615 g/mol. The highest BCUT2D eigenvalue weighted by Crippen LogP contribution is 2.50. The van der Waals surface area contributed by atoms with Gasteiger partial charge in [-0.05, 0) is 64.2 Å². The molecule has 4 heterocycles. The second-order valence-corrected chi connectivity index (χ2v) is 14.9. The molecule has 0 aromatic carbocycles. The van der Waals surface area contributed by atoms with Gasteiger partial charge in [-0.1, -0.05) is 27.7 Å². The van der Waals surface area contributed by atoms with Gasteiger partial charge in [-0.25, -0.2) is 0 Å². The number of hydrogen-bond donors (Lipinski definition) is 4. The Morgan fingerprint density at radius 1 is 0.488 bits per heavy atom. The Balaban J connectivity index is 1.61. The van der Waals surface area contributed by atoms with Crippen LogP contribution in [0.2, 0.25) is 0 Å². The third-order valence-electron chi connectivity index (χ3n) is 12.2. The second-order valence-electron chi connectivity index (χ2n) is 14.9. The van der Waals surface area contributed by atoms with Crippen LogP contribution in [0.4, 0.5) is 0 Å². The first-order valence-corrected chi connectivity index (χ1v) is 17.1. The Bertz CT molecular complexity index is 757. The highest BCUT2D eigenvalue weighted by Gasteiger charge is 2.55. The van der Waals surface area contributed by atoms with Gasteiger partial charge in [-0.3, -0.25) is 0 Å². The van der Waals surface area contributed by atoms with Crippen molar-refractivity contribution in [2.75, 3.05) is 52.9 Å². The van der Waals surface area contributed by atoms with E-state index in [2.05, 4.69) is 27.7 Å². The molecule has 0 aromatic rings. The van der Waals surface area contributed by atoms with E-state index in [9.17, 15) is 20.4 Å². The maximum absolute atomic E-state index is 11.9. The predicted octanol–water partition coefficient (Wildman–Crippen LogP) is 3.72. The largest absolute Gasteiger partial charge is 0.393 e. The van der Waals surface area contributed by atoms with E-state index in [1.54, 1.807) is 13.8 Å². The van der Waals surface area contributed by atoms with Crippen molar-refractivity contribution in [2.45, 2.75) is 130 Å². The first-order chi connectivity index (χ1) is 20.4. The summed E-state index contributed by atoms with van der Waals surface area (Å²) in [6.07, 6.45) is 2.42. The van der Waals surface area contributed by atoms with Gasteiger partial charge in [0, 0.05) is 34.5 Å². The molecule has 4 aliphatic heterocycles. The lowest BCUT2D eigenvalue weighted by Gasteiger charge is -2.55. The van der Waals surface area contributed by atoms with E-state index in [-0.39, 0.29) is 45.7 Å². The number of hydrogen-bond acceptors (Lipinski definition) is 9. The third-order valence-corrected chi connectivity index (χ3v) is 12.2. The van der Waals surface area contributed by atoms with Crippen molar-refractivity contribution in [3.05, 3.63) is 0 Å². The van der Waals surface area contributed by atoms with Crippen molar-refractivity contribution in [1.29, 1.82) is 0 Å². The van der Waals surface area contributed by atoms with Crippen molar-refractivity contribution in [2.24, 2.45) is 33.5 Å². The van der Waals surface area contributed by atoms with Crippen LogP contribution in [-0.4, -0.2) is 110 Å². The Labute approximate surface area is 260 Å². The molecule has 8 atom stereocenters. The molecule has 0 aromatic heterocycles. The normalized spacial score (nSPS) is 28.9. The van der Waals surface area contributed by atoms with Gasteiger partial charge in [0.25, 0.3) is 0 Å². The van der Waals surface area contributed by atoms with Gasteiger partial charge in [0.2, 0.25) is 0 Å². The standard InChI is InChI=1S/C34H62O9/c1-7-31(15-39-16-31)25(11-23(5)35)27(37)13-29(33(9-3)19-41-20-33)43-30(34(10-4)21-42-22-34)14-28(38)26(12-24(6)36)32(8-2)17-40-18-32/h23-30,35-38H,7-22H2,1-6H3. The maximum Gasteiger partial charge on any atom is 0.0704 e. The molecule has 252 valence electrons. The molecule has 0 bridgehead atoms. The molecule has 8 unspecified atom stereocenters. The first-order valence-electron chi connectivity index (χ1n) is 17.1. The molecule has 43 heavy (non-hydrogen) atoms. The quantitative estimate of drug-likeness (QED) is 0.162. The van der Waals surface area contributed by atoms with Gasteiger partial charge in [0.15, 0.2) is 0 Å². The molecule has 4 N–H and O–H groups in total. The van der Waals surface area contributed by atoms with Gasteiger partial charge in [-0.15, -0.1) is 0 Å². The lowest BCUT2D eigenvalue weighted by Crippen LogP contribution is -2.60. The molecule has 4 saturated heterocycles. The lowest BCUT2D eigenvalue weighted by atomic mass is 9.64. The summed E-state index contributed by atoms with van der Waals surface area (Å²) in [5.74, 6) is -0.219. The van der Waals surface area contributed by atoms with E-state index in [1.165, 1.54) is 0 Å². The van der Waals surface area contributed by atoms with Gasteiger partial charge in [0.1, 0.15) is 0 Å². The Morgan fingerprint density at radius 2 is 0.767 bits per heavy atom. The van der Waals surface area contributed by atoms with E-state index in [0.29, 0.717) is 78.5 Å². The van der Waals surface area contributed by atoms with Crippen molar-refractivity contribution in [3.8, 4) is 0 Å². The maximum atomic E-state index is 11.9. The van der Waals surface area contributed by atoms with Crippen LogP contribution in [0, 0.1) is 33.5 Å². The summed E-state index contributed by atoms with van der Waals surface area (Å²) in [4.78, 5) is 0. The van der Waals surface area contributed by atoms with Crippen molar-refractivity contribution >= 4 is 0 Å². The van der Waals surface area contributed by atoms with Crippen LogP contribution in [0.25, 0.3) is 0 Å². The molecule has 0 radical (unpaired) electrons. The average Bonchev–Trinajstić information content (AvgIpc) is 2.85. The molecule has 9 heteroatoms. The van der Waals surface area contributed by atoms with E-state index in [4.69, 9.17) is 23.7 Å². The highest BCUT2D eigenvalue weighted by molar-refractivity contribution is 5.02. The fraction of sp³-hybridized carbons (Fsp3) is 1.00. The highest BCUT2D eigenvalue weighted by atomic mass is 16.5. The molecule has 9 nitrogen and oxygen atoms in total. The van der Waals surface area contributed by atoms with Crippen molar-refractivity contribution < 1.29 is 44.1 Å². The summed E-state index contributed by atoms with van der Waals surface area (Å²) in [7, 11) is 0. The fourth-order valence-electron chi connectivity index (χ4n) is 8.28. The molecule has 0 spiro atoms. The lowest BCUT2D eigenvalue weighted by molar-refractivity contribution is -0.265. The van der Waals surface area contributed by atoms with Crippen LogP contribution in [0.5, 0.6) is 0 Å². The third kappa shape index (κ3) is 7.15. The zero-order chi connectivity index (χ0) is 31.5. The van der Waals surface area contributed by atoms with Crippen LogP contribution in [0.15, 0.2) is 0 Å². The van der Waals surface area contributed by atoms with Crippen LogP contribution in [-0.2, 0) is 23.7 Å². The molecule has 4 fully saturated rings. The zero-order valence-electron chi connectivity index (χ0n) is 27.8. The van der Waals surface area contributed by atoms with Gasteiger partial charge in [-0.2, -0.15) is 0 Å². The fourth-order valence-corrected chi connectivity index (χ4v) is 8.28. The molecule has 0 aliphatic carbocycles. The second kappa shape index (κ2) is 14.6. The van der Waals surface area contributed by atoms with E-state index in [1.807, 2.05) is 0 Å². The van der Waals surface area contributed by atoms with Crippen molar-refractivity contribution in [1.82, 2.24) is 0 Å². The minimum absolute atomic E-state index is 0.109. The number of ether oxygens (including phenoxy) is 5. The molecule has 4 rings (SSSR count). The minimum atomic E-state index is -0.674. The summed E-state index contributed by atoms with van der Waals surface area (Å²) < 4.78 is 30.1. The summed E-state index contributed by atoms with van der Waals surface area (Å²) in [5.41, 5.74) is -0.738. The van der Waals surface area contributed by atoms with Crippen LogP contribution >= 0.6 is 0 Å². The van der Waals surface area contributed by atoms with Crippen LogP contribution in [0.1, 0.15) is 92.9 Å². The van der Waals surface area contributed by atoms with E-state index in [0.717, 1.165) is 25.7 Å². The van der Waals surface area contributed by atoms with Gasteiger partial charge >= 0.3 is 0 Å². The summed E-state index contributed by atoms with van der Waals surface area (Å²) in [6, 6.07) is 0. The van der Waals surface area contributed by atoms with Gasteiger partial charge < -0.3 is 44.1 Å². The summed E-state index contributed by atoms with van der Waals surface area (Å²) in [6.45, 7) is 16.9. The number of aliphatic hydroxyl groups excluding tert-OH is 4. The van der Waals surface area contributed by atoms with E-state index >= 15 is 0 Å². The molecule has 4 aliphatic rings. The van der Waals surface area contributed by atoms with Crippen LogP contribution in [0.3, 0.4) is 0 Å². The number of aliphatic hydroxyl groups is 4. The Morgan fingerprint density at radius 3 is 0.953 bits per heavy atom. The van der Waals surface area contributed by atoms with Crippen molar-refractivity contribution in [3.63, 3.8) is 0 Å². The summed E-state index contributed by atoms with van der Waals surface area (Å²) in [5, 5.41) is 44.7. The molecular formula is C34H62O9. The number of rotatable bonds is 20. The topological polar surface area (TPSA) is 127 Å². The zero-order valence-corrected chi connectivity index (χ0v) is 27.8. The van der Waals surface area contributed by atoms with Crippen LogP contribution < -0.4 is 0 Å². The minimum Gasteiger partial charge on any atom is -0.393 e. The molecular weight excluding hydrogens is 552 g/mol. The monoisotopic (exact) mass is 614 g/mol. The predicted molar refractivity (Wildman–Crippen MR) is 164 cm³/mol. The Hall–Kier alpha value is -0.360. The Kier molecular flexibility index (Phi) is 12.0. The smallest absolute Gasteiger partial charge is 0.0704 e. The summed E-state index contributed by atoms with van der Waals surface area (Å²) >= 11 is 0. The molecule has 0 amide bonds. The van der Waals surface area contributed by atoms with Gasteiger partial charge in [0.05, 0.1) is 89.5 Å². The SMILES string of the molecule is CCC1(C(CC(O)C(CC(C)O)C2(CC)COC2)OC(CC(O)C(CC(C)O)C2(CC)COC2)C2(CC)COC2)COC1. The van der Waals surface area contributed by atoms with E-state index < -0.39 is 24.4 Å². The molecule has 0 saturated carbocycles.